The van der Waals surface area contributed by atoms with Gasteiger partial charge in [0.05, 0.1) is 18.5 Å². The van der Waals surface area contributed by atoms with E-state index in [1.165, 1.54) is 11.3 Å². The minimum Gasteiger partial charge on any atom is -0.497 e. The number of anilines is 1. The van der Waals surface area contributed by atoms with Crippen molar-refractivity contribution in [1.82, 2.24) is 4.98 Å². The van der Waals surface area contributed by atoms with E-state index in [4.69, 9.17) is 20.8 Å². The molecule has 0 unspecified atom stereocenters. The molecular weight excluding hydrogens is 518 g/mol. The van der Waals surface area contributed by atoms with E-state index in [-0.39, 0.29) is 11.1 Å². The molecule has 1 N–H and O–H groups in total. The van der Waals surface area contributed by atoms with Crippen LogP contribution in [0.15, 0.2) is 106 Å². The number of nitrogens with one attached hydrogen (secondary N) is 1. The van der Waals surface area contributed by atoms with Gasteiger partial charge in [0.25, 0.3) is 5.91 Å². The zero-order valence-corrected chi connectivity index (χ0v) is 21.7. The molecule has 6 rings (SSSR count). The fourth-order valence-corrected chi connectivity index (χ4v) is 5.02. The molecule has 0 radical (unpaired) electrons. The molecule has 1 amide bonds. The fourth-order valence-electron chi connectivity index (χ4n) is 4.12. The second-order valence-corrected chi connectivity index (χ2v) is 9.81. The van der Waals surface area contributed by atoms with Gasteiger partial charge < -0.3 is 9.15 Å². The molecule has 0 spiro atoms. The third-order valence-corrected chi connectivity index (χ3v) is 7.00. The maximum Gasteiger partial charge on any atom is 0.262 e. The van der Waals surface area contributed by atoms with Crippen molar-refractivity contribution in [2.75, 3.05) is 12.4 Å². The van der Waals surface area contributed by atoms with Gasteiger partial charge >= 0.3 is 0 Å². The molecular formula is C30H20ClN3O3S. The lowest BCUT2D eigenvalue weighted by Crippen LogP contribution is -2.21. The largest absolute Gasteiger partial charge is 0.497 e. The Kier molecular flexibility index (Phi) is 6.37. The number of carbonyl (C=O) groups excluding carboxylic acids is 1. The lowest BCUT2D eigenvalue weighted by Gasteiger charge is -2.06. The molecule has 4 aromatic carbocycles. The molecule has 2 heterocycles. The highest BCUT2D eigenvalue weighted by Gasteiger charge is 2.16. The van der Waals surface area contributed by atoms with Crippen LogP contribution >= 0.6 is 22.9 Å². The lowest BCUT2D eigenvalue weighted by molar-refractivity contribution is 0.102. The number of methoxy groups -OCH3 is 1. The van der Waals surface area contributed by atoms with E-state index in [2.05, 4.69) is 39.6 Å². The normalized spacial score (nSPS) is 11.7. The van der Waals surface area contributed by atoms with Gasteiger partial charge in [0.2, 0.25) is 5.55 Å². The Morgan fingerprint density at radius 2 is 1.82 bits per heavy atom. The molecule has 0 aliphatic rings. The third kappa shape index (κ3) is 4.89. The summed E-state index contributed by atoms with van der Waals surface area (Å²) in [5.41, 5.74) is 3.32. The Labute approximate surface area is 226 Å². The van der Waals surface area contributed by atoms with Crippen molar-refractivity contribution in [2.45, 2.75) is 0 Å². The quantitative estimate of drug-likeness (QED) is 0.243. The first kappa shape index (κ1) is 23.9. The van der Waals surface area contributed by atoms with Crippen LogP contribution in [-0.4, -0.2) is 18.0 Å². The number of benzene rings is 4. The second kappa shape index (κ2) is 10.1. The highest BCUT2D eigenvalue weighted by atomic mass is 35.5. The molecule has 0 saturated carbocycles. The molecule has 0 aliphatic carbocycles. The van der Waals surface area contributed by atoms with Gasteiger partial charge in [-0.25, -0.2) is 9.98 Å². The Morgan fingerprint density at radius 3 is 2.68 bits per heavy atom. The van der Waals surface area contributed by atoms with Crippen LogP contribution in [-0.2, 0) is 0 Å². The average molecular weight is 538 g/mol. The first-order valence-electron chi connectivity index (χ1n) is 11.7. The van der Waals surface area contributed by atoms with E-state index < -0.39 is 5.91 Å². The molecule has 6 aromatic rings. The summed E-state index contributed by atoms with van der Waals surface area (Å²) < 4.78 is 11.4. The van der Waals surface area contributed by atoms with Gasteiger partial charge in [-0.3, -0.25) is 10.1 Å². The predicted octanol–water partition coefficient (Wildman–Crippen LogP) is 7.86. The van der Waals surface area contributed by atoms with Crippen LogP contribution in [0.1, 0.15) is 10.4 Å². The van der Waals surface area contributed by atoms with Crippen LogP contribution in [0.4, 0.5) is 10.8 Å². The molecule has 6 nitrogen and oxygen atoms in total. The molecule has 186 valence electrons. The standard InChI is InChI=1S/C30H20ClN3O3S/c1-36-24-8-4-7-23(16-24)32-29-25(15-21-14-22(31)11-12-27(21)37-29)28(35)34-30-33-26(17-38-30)20-10-9-18-5-2-3-6-19(18)13-20/h2-17H,1H3,(H,33,34,35). The maximum atomic E-state index is 13.5. The van der Waals surface area contributed by atoms with Crippen molar-refractivity contribution in [3.05, 3.63) is 113 Å². The van der Waals surface area contributed by atoms with Gasteiger partial charge in [-0.15, -0.1) is 11.3 Å². The number of aromatic nitrogens is 1. The van der Waals surface area contributed by atoms with Crippen molar-refractivity contribution in [2.24, 2.45) is 4.99 Å². The van der Waals surface area contributed by atoms with E-state index >= 15 is 0 Å². The summed E-state index contributed by atoms with van der Waals surface area (Å²) in [7, 11) is 1.59. The summed E-state index contributed by atoms with van der Waals surface area (Å²) in [6.45, 7) is 0. The topological polar surface area (TPSA) is 76.7 Å². The summed E-state index contributed by atoms with van der Waals surface area (Å²) in [4.78, 5) is 22.7. The monoisotopic (exact) mass is 537 g/mol. The van der Waals surface area contributed by atoms with Crippen LogP contribution in [0.2, 0.25) is 5.02 Å². The molecule has 0 atom stereocenters. The Balaban J connectivity index is 1.37. The zero-order chi connectivity index (χ0) is 26.1. The summed E-state index contributed by atoms with van der Waals surface area (Å²) in [5.74, 6) is 0.255. The van der Waals surface area contributed by atoms with E-state index in [1.807, 2.05) is 41.8 Å². The first-order chi connectivity index (χ1) is 18.6. The molecule has 38 heavy (non-hydrogen) atoms. The lowest BCUT2D eigenvalue weighted by atomic mass is 10.1. The van der Waals surface area contributed by atoms with Gasteiger partial charge in [0.1, 0.15) is 16.9 Å². The Hall–Kier alpha value is -4.46. The second-order valence-electron chi connectivity index (χ2n) is 8.51. The van der Waals surface area contributed by atoms with E-state index in [1.54, 1.807) is 37.4 Å². The number of fused-ring (bicyclic) bond motifs is 2. The third-order valence-electron chi connectivity index (χ3n) is 6.01. The predicted molar refractivity (Wildman–Crippen MR) is 152 cm³/mol. The number of hydrogen-bond donors (Lipinski definition) is 1. The number of rotatable bonds is 5. The molecule has 0 saturated heterocycles. The molecule has 0 bridgehead atoms. The highest BCUT2D eigenvalue weighted by Crippen LogP contribution is 2.28. The summed E-state index contributed by atoms with van der Waals surface area (Å²) in [5, 5.41) is 8.81. The van der Waals surface area contributed by atoms with Gasteiger partial charge in [-0.2, -0.15) is 0 Å². The van der Waals surface area contributed by atoms with Crippen LogP contribution in [0.5, 0.6) is 5.75 Å². The van der Waals surface area contributed by atoms with Crippen molar-refractivity contribution >= 4 is 61.4 Å². The SMILES string of the molecule is COc1cccc(N=c2oc3ccc(Cl)cc3cc2C(=O)Nc2nc(-c3ccc4ccccc4c3)cs2)c1. The number of nitrogens with zero attached hydrogens (tertiary/aromatic N) is 2. The van der Waals surface area contributed by atoms with Gasteiger partial charge in [-0.1, -0.05) is 54.1 Å². The number of hydrogen-bond acceptors (Lipinski definition) is 6. The van der Waals surface area contributed by atoms with Crippen LogP contribution in [0.25, 0.3) is 33.0 Å². The first-order valence-corrected chi connectivity index (χ1v) is 13.0. The number of ether oxygens (including phenoxy) is 1. The minimum absolute atomic E-state index is 0.164. The Bertz CT molecular complexity index is 1890. The summed E-state index contributed by atoms with van der Waals surface area (Å²) in [6, 6.07) is 28.5. The van der Waals surface area contributed by atoms with Crippen LogP contribution in [0.3, 0.4) is 0 Å². The molecule has 8 heteroatoms. The average Bonchev–Trinajstić information content (AvgIpc) is 3.41. The van der Waals surface area contributed by atoms with E-state index in [0.717, 1.165) is 22.0 Å². The summed E-state index contributed by atoms with van der Waals surface area (Å²) in [6.07, 6.45) is 0. The molecule has 0 fully saturated rings. The maximum absolute atomic E-state index is 13.5. The van der Waals surface area contributed by atoms with Gasteiger partial charge in [-0.05, 0) is 53.2 Å². The van der Waals surface area contributed by atoms with Gasteiger partial charge in [0.15, 0.2) is 5.13 Å². The number of carbonyl (C=O) groups is 1. The minimum atomic E-state index is -0.392. The van der Waals surface area contributed by atoms with E-state index in [9.17, 15) is 4.79 Å². The smallest absolute Gasteiger partial charge is 0.262 e. The van der Waals surface area contributed by atoms with Crippen LogP contribution in [0, 0.1) is 0 Å². The highest BCUT2D eigenvalue weighted by molar-refractivity contribution is 7.14. The van der Waals surface area contributed by atoms with Gasteiger partial charge in [0, 0.05) is 27.4 Å². The fraction of sp³-hybridized carbons (Fsp3) is 0.0333. The van der Waals surface area contributed by atoms with Crippen molar-refractivity contribution in [3.8, 4) is 17.0 Å². The number of amides is 1. The number of thiazole rings is 1. The molecule has 2 aromatic heterocycles. The van der Waals surface area contributed by atoms with Crippen LogP contribution < -0.4 is 15.6 Å². The summed E-state index contributed by atoms with van der Waals surface area (Å²) >= 11 is 7.54. The molecule has 0 aliphatic heterocycles. The van der Waals surface area contributed by atoms with Crippen molar-refractivity contribution < 1.29 is 13.9 Å². The van der Waals surface area contributed by atoms with Crippen molar-refractivity contribution in [3.63, 3.8) is 0 Å². The zero-order valence-electron chi connectivity index (χ0n) is 20.1. The number of halogens is 1. The van der Waals surface area contributed by atoms with E-state index in [0.29, 0.717) is 32.6 Å². The Morgan fingerprint density at radius 1 is 0.947 bits per heavy atom. The van der Waals surface area contributed by atoms with Crippen molar-refractivity contribution in [1.29, 1.82) is 0 Å².